The Balaban J connectivity index is 2.67. The van der Waals surface area contributed by atoms with Crippen LogP contribution in [0.4, 0.5) is 23.2 Å². The Labute approximate surface area is 93.0 Å². The molecule has 1 rings (SSSR count). The van der Waals surface area contributed by atoms with E-state index < -0.39 is 35.6 Å². The van der Waals surface area contributed by atoms with Crippen molar-refractivity contribution in [1.82, 2.24) is 0 Å². The fraction of sp³-hybridized carbons (Fsp3) is 0.333. The third-order valence-corrected chi connectivity index (χ3v) is 1.77. The Bertz CT molecular complexity index is 419. The van der Waals surface area contributed by atoms with Crippen LogP contribution in [-0.2, 0) is 0 Å². The van der Waals surface area contributed by atoms with Crippen LogP contribution in [0, 0.1) is 15.9 Å². The molecule has 0 heterocycles. The Morgan fingerprint density at radius 2 is 2.00 bits per heavy atom. The number of rotatable bonds is 4. The minimum atomic E-state index is -4.37. The van der Waals surface area contributed by atoms with Gasteiger partial charge >= 0.3 is 11.9 Å². The zero-order valence-electron chi connectivity index (χ0n) is 8.33. The third-order valence-electron chi connectivity index (χ3n) is 1.77. The van der Waals surface area contributed by atoms with E-state index in [4.69, 9.17) is 0 Å². The molecule has 0 saturated carbocycles. The van der Waals surface area contributed by atoms with Crippen molar-refractivity contribution in [2.75, 3.05) is 6.61 Å². The molecule has 0 aliphatic rings. The number of hydrogen-bond donors (Lipinski definition) is 0. The molecule has 0 saturated heterocycles. The van der Waals surface area contributed by atoms with Gasteiger partial charge in [0.05, 0.1) is 24.0 Å². The minimum absolute atomic E-state index is 0.178. The van der Waals surface area contributed by atoms with E-state index in [2.05, 4.69) is 4.74 Å². The molecule has 0 amide bonds. The summed E-state index contributed by atoms with van der Waals surface area (Å²) < 4.78 is 52.8. The molecule has 94 valence electrons. The standard InChI is InChI=1S/C9H7F4NO3/c10-7-2-1-6(5-8(7)14(15)16)17-4-3-9(11,12)13/h1-2,5H,3-4H2. The molecule has 8 heteroatoms. The first kappa shape index (κ1) is 13.2. The normalized spacial score (nSPS) is 11.3. The Kier molecular flexibility index (Phi) is 3.87. The molecule has 0 spiro atoms. The van der Waals surface area contributed by atoms with Gasteiger partial charge in [-0.25, -0.2) is 0 Å². The predicted molar refractivity (Wildman–Crippen MR) is 49.2 cm³/mol. The van der Waals surface area contributed by atoms with E-state index >= 15 is 0 Å². The number of nitrogens with zero attached hydrogens (tertiary/aromatic N) is 1. The first-order valence-corrected chi connectivity index (χ1v) is 4.43. The molecule has 0 atom stereocenters. The van der Waals surface area contributed by atoms with Crippen LogP contribution in [-0.4, -0.2) is 17.7 Å². The summed E-state index contributed by atoms with van der Waals surface area (Å²) in [5, 5.41) is 10.3. The average molecular weight is 253 g/mol. The zero-order valence-corrected chi connectivity index (χ0v) is 8.33. The van der Waals surface area contributed by atoms with Crippen LogP contribution < -0.4 is 4.74 Å². The van der Waals surface area contributed by atoms with Crippen molar-refractivity contribution < 1.29 is 27.2 Å². The molecule has 0 fully saturated rings. The number of hydrogen-bond acceptors (Lipinski definition) is 3. The molecular formula is C9H7F4NO3. The summed E-state index contributed by atoms with van der Waals surface area (Å²) in [6.45, 7) is -0.674. The highest BCUT2D eigenvalue weighted by Crippen LogP contribution is 2.24. The fourth-order valence-electron chi connectivity index (χ4n) is 1.01. The second kappa shape index (κ2) is 4.98. The lowest BCUT2D eigenvalue weighted by atomic mass is 10.3. The van der Waals surface area contributed by atoms with Crippen LogP contribution in [0.3, 0.4) is 0 Å². The monoisotopic (exact) mass is 253 g/mol. The van der Waals surface area contributed by atoms with Gasteiger partial charge < -0.3 is 4.74 Å². The van der Waals surface area contributed by atoms with E-state index in [1.165, 1.54) is 0 Å². The van der Waals surface area contributed by atoms with Crippen molar-refractivity contribution in [2.45, 2.75) is 12.6 Å². The van der Waals surface area contributed by atoms with Crippen LogP contribution in [0.5, 0.6) is 5.75 Å². The van der Waals surface area contributed by atoms with Crippen molar-refractivity contribution in [1.29, 1.82) is 0 Å². The Hall–Kier alpha value is -1.86. The van der Waals surface area contributed by atoms with Crippen LogP contribution in [0.25, 0.3) is 0 Å². The van der Waals surface area contributed by atoms with E-state index in [0.717, 1.165) is 18.2 Å². The highest BCUT2D eigenvalue weighted by atomic mass is 19.4. The van der Waals surface area contributed by atoms with Crippen molar-refractivity contribution in [3.8, 4) is 5.75 Å². The van der Waals surface area contributed by atoms with Gasteiger partial charge in [-0.3, -0.25) is 10.1 Å². The van der Waals surface area contributed by atoms with Gasteiger partial charge in [-0.15, -0.1) is 0 Å². The smallest absolute Gasteiger partial charge is 0.392 e. The minimum Gasteiger partial charge on any atom is -0.493 e. The lowest BCUT2D eigenvalue weighted by molar-refractivity contribution is -0.387. The Morgan fingerprint density at radius 3 is 2.53 bits per heavy atom. The van der Waals surface area contributed by atoms with E-state index in [0.29, 0.717) is 0 Å². The number of alkyl halides is 3. The SMILES string of the molecule is O=[N+]([O-])c1cc(OCCC(F)(F)F)ccc1F. The van der Waals surface area contributed by atoms with Crippen molar-refractivity contribution >= 4 is 5.69 Å². The summed E-state index contributed by atoms with van der Waals surface area (Å²) in [6, 6.07) is 2.53. The molecule has 1 aromatic rings. The number of ether oxygens (including phenoxy) is 1. The lowest BCUT2D eigenvalue weighted by Crippen LogP contribution is -2.13. The van der Waals surface area contributed by atoms with Gasteiger partial charge in [0.25, 0.3) is 0 Å². The van der Waals surface area contributed by atoms with E-state index in [1.54, 1.807) is 0 Å². The summed E-state index contributed by atoms with van der Waals surface area (Å²) in [5.41, 5.74) is -0.838. The topological polar surface area (TPSA) is 52.4 Å². The Morgan fingerprint density at radius 1 is 1.35 bits per heavy atom. The fourth-order valence-corrected chi connectivity index (χ4v) is 1.01. The van der Waals surface area contributed by atoms with Crippen LogP contribution in [0.15, 0.2) is 18.2 Å². The molecule has 0 unspecified atom stereocenters. The maximum atomic E-state index is 12.9. The number of benzene rings is 1. The van der Waals surface area contributed by atoms with Gasteiger partial charge in [-0.05, 0) is 12.1 Å². The van der Waals surface area contributed by atoms with Gasteiger partial charge in [0.2, 0.25) is 5.82 Å². The number of halogens is 4. The van der Waals surface area contributed by atoms with Gasteiger partial charge in [0.1, 0.15) is 5.75 Å². The maximum Gasteiger partial charge on any atom is 0.392 e. The molecule has 0 bridgehead atoms. The zero-order chi connectivity index (χ0) is 13.1. The van der Waals surface area contributed by atoms with Crippen LogP contribution in [0.1, 0.15) is 6.42 Å². The second-order valence-corrected chi connectivity index (χ2v) is 3.08. The maximum absolute atomic E-state index is 12.9. The van der Waals surface area contributed by atoms with E-state index in [-0.39, 0.29) is 5.75 Å². The van der Waals surface area contributed by atoms with E-state index in [1.807, 2.05) is 0 Å². The highest BCUT2D eigenvalue weighted by molar-refractivity contribution is 5.39. The van der Waals surface area contributed by atoms with Crippen LogP contribution >= 0.6 is 0 Å². The molecule has 0 N–H and O–H groups in total. The second-order valence-electron chi connectivity index (χ2n) is 3.08. The quantitative estimate of drug-likeness (QED) is 0.470. The van der Waals surface area contributed by atoms with Gasteiger partial charge in [-0.2, -0.15) is 17.6 Å². The first-order chi connectivity index (χ1) is 7.79. The number of nitro benzene ring substituents is 1. The van der Waals surface area contributed by atoms with Crippen molar-refractivity contribution in [2.24, 2.45) is 0 Å². The largest absolute Gasteiger partial charge is 0.493 e. The first-order valence-electron chi connectivity index (χ1n) is 4.43. The molecule has 0 aromatic heterocycles. The van der Waals surface area contributed by atoms with Crippen molar-refractivity contribution in [3.63, 3.8) is 0 Å². The summed E-state index contributed by atoms with van der Waals surface area (Å²) in [6.07, 6.45) is -5.55. The molecular weight excluding hydrogens is 246 g/mol. The van der Waals surface area contributed by atoms with Crippen molar-refractivity contribution in [3.05, 3.63) is 34.1 Å². The summed E-state index contributed by atoms with van der Waals surface area (Å²) in [4.78, 5) is 9.36. The average Bonchev–Trinajstić information content (AvgIpc) is 2.18. The van der Waals surface area contributed by atoms with Gasteiger partial charge in [0, 0.05) is 0 Å². The summed E-state index contributed by atoms with van der Waals surface area (Å²) >= 11 is 0. The van der Waals surface area contributed by atoms with Gasteiger partial charge in [-0.1, -0.05) is 0 Å². The molecule has 17 heavy (non-hydrogen) atoms. The molecule has 0 aliphatic carbocycles. The lowest BCUT2D eigenvalue weighted by Gasteiger charge is -2.08. The molecule has 4 nitrogen and oxygen atoms in total. The van der Waals surface area contributed by atoms with E-state index in [9.17, 15) is 27.7 Å². The highest BCUT2D eigenvalue weighted by Gasteiger charge is 2.27. The molecule has 0 aliphatic heterocycles. The molecule has 1 aromatic carbocycles. The van der Waals surface area contributed by atoms with Crippen LogP contribution in [0.2, 0.25) is 0 Å². The summed E-state index contributed by atoms with van der Waals surface area (Å²) in [7, 11) is 0. The predicted octanol–water partition coefficient (Wildman–Crippen LogP) is 3.07. The number of nitro groups is 1. The molecule has 0 radical (unpaired) electrons. The third kappa shape index (κ3) is 4.25. The summed E-state index contributed by atoms with van der Waals surface area (Å²) in [5.74, 6) is -1.25. The van der Waals surface area contributed by atoms with Gasteiger partial charge in [0.15, 0.2) is 0 Å².